The van der Waals surface area contributed by atoms with E-state index in [-0.39, 0.29) is 0 Å². The van der Waals surface area contributed by atoms with Crippen LogP contribution in [0.2, 0.25) is 0 Å². The lowest BCUT2D eigenvalue weighted by atomic mass is 10.1. The van der Waals surface area contributed by atoms with Gasteiger partial charge in [-0.2, -0.15) is 15.4 Å². The zero-order chi connectivity index (χ0) is 12.1. The largest absolute Gasteiger partial charge is 0.507 e. The monoisotopic (exact) mass is 227 g/mol. The highest BCUT2D eigenvalue weighted by Crippen LogP contribution is 2.27. The number of nitrogens with one attached hydrogen (secondary N) is 1. The molecule has 0 unspecified atom stereocenters. The van der Waals surface area contributed by atoms with Crippen LogP contribution in [0.3, 0.4) is 0 Å². The third kappa shape index (κ3) is 2.60. The van der Waals surface area contributed by atoms with Crippen molar-refractivity contribution in [2.24, 2.45) is 0 Å². The molecule has 0 amide bonds. The molecule has 3 rings (SSSR count). The van der Waals surface area contributed by atoms with E-state index >= 15 is 0 Å². The second-order valence-electron chi connectivity index (χ2n) is 3.61. The van der Waals surface area contributed by atoms with Crippen molar-refractivity contribution in [2.75, 3.05) is 0 Å². The number of aromatic nitrogens is 3. The molecule has 0 bridgehead atoms. The lowest BCUT2D eigenvalue weighted by Gasteiger charge is -2.02. The van der Waals surface area contributed by atoms with Crippen LogP contribution in [0.25, 0.3) is 10.8 Å². The number of hydrogen-bond donors (Lipinski definition) is 2. The molecule has 0 atom stereocenters. The molecule has 0 saturated carbocycles. The number of nitrogens with zero attached hydrogens (tertiary/aromatic N) is 2. The van der Waals surface area contributed by atoms with Crippen LogP contribution in [0, 0.1) is 6.92 Å². The fourth-order valence-corrected chi connectivity index (χ4v) is 1.53. The third-order valence-corrected chi connectivity index (χ3v) is 2.43. The van der Waals surface area contributed by atoms with Crippen LogP contribution >= 0.6 is 0 Å². The molecule has 0 spiro atoms. The summed E-state index contributed by atoms with van der Waals surface area (Å²) in [5.41, 5.74) is 0.925. The van der Waals surface area contributed by atoms with Gasteiger partial charge in [0, 0.05) is 5.39 Å². The molecular weight excluding hydrogens is 214 g/mol. The molecule has 0 saturated heterocycles. The number of hydrogen-bond acceptors (Lipinski definition) is 3. The minimum Gasteiger partial charge on any atom is -0.507 e. The predicted molar refractivity (Wildman–Crippen MR) is 66.7 cm³/mol. The molecule has 2 aromatic carbocycles. The molecular formula is C13H13N3O. The molecule has 0 aliphatic heterocycles. The van der Waals surface area contributed by atoms with Gasteiger partial charge in [-0.1, -0.05) is 36.4 Å². The van der Waals surface area contributed by atoms with Gasteiger partial charge in [-0.15, -0.1) is 0 Å². The highest BCUT2D eigenvalue weighted by Gasteiger charge is 2.00. The molecule has 4 heteroatoms. The number of phenols is 1. The fraction of sp³-hybridized carbons (Fsp3) is 0.0769. The molecule has 0 aliphatic carbocycles. The van der Waals surface area contributed by atoms with Gasteiger partial charge in [0.05, 0.1) is 12.4 Å². The van der Waals surface area contributed by atoms with Gasteiger partial charge in [0.2, 0.25) is 0 Å². The zero-order valence-electron chi connectivity index (χ0n) is 9.46. The summed E-state index contributed by atoms with van der Waals surface area (Å²) in [6.07, 6.45) is 3.17. The quantitative estimate of drug-likeness (QED) is 0.620. The highest BCUT2D eigenvalue weighted by atomic mass is 16.3. The Morgan fingerprint density at radius 3 is 2.35 bits per heavy atom. The van der Waals surface area contributed by atoms with Crippen molar-refractivity contribution in [3.05, 3.63) is 54.4 Å². The highest BCUT2D eigenvalue weighted by molar-refractivity contribution is 5.89. The van der Waals surface area contributed by atoms with Crippen molar-refractivity contribution in [1.29, 1.82) is 0 Å². The van der Waals surface area contributed by atoms with Crippen LogP contribution in [-0.4, -0.2) is 20.5 Å². The van der Waals surface area contributed by atoms with Gasteiger partial charge in [-0.3, -0.25) is 0 Å². The maximum Gasteiger partial charge on any atom is 0.126 e. The Kier molecular flexibility index (Phi) is 3.35. The first-order chi connectivity index (χ1) is 8.29. The first kappa shape index (κ1) is 11.1. The molecule has 1 aromatic heterocycles. The van der Waals surface area contributed by atoms with Crippen LogP contribution in [0.15, 0.2) is 48.8 Å². The van der Waals surface area contributed by atoms with Crippen molar-refractivity contribution >= 4 is 10.8 Å². The van der Waals surface area contributed by atoms with Crippen LogP contribution in [-0.2, 0) is 0 Å². The Hall–Kier alpha value is -2.36. The Morgan fingerprint density at radius 1 is 1.00 bits per heavy atom. The molecule has 4 nitrogen and oxygen atoms in total. The predicted octanol–water partition coefficient (Wildman–Crippen LogP) is 2.66. The van der Waals surface area contributed by atoms with E-state index in [0.29, 0.717) is 5.75 Å². The van der Waals surface area contributed by atoms with Gasteiger partial charge < -0.3 is 5.11 Å². The minimum atomic E-state index is 0.396. The van der Waals surface area contributed by atoms with Crippen molar-refractivity contribution in [1.82, 2.24) is 15.4 Å². The van der Waals surface area contributed by atoms with Crippen LogP contribution in [0.1, 0.15) is 5.56 Å². The minimum absolute atomic E-state index is 0.396. The lowest BCUT2D eigenvalue weighted by Crippen LogP contribution is -1.77. The van der Waals surface area contributed by atoms with E-state index in [1.807, 2.05) is 43.3 Å². The number of benzene rings is 2. The van der Waals surface area contributed by atoms with E-state index in [1.54, 1.807) is 12.4 Å². The second-order valence-corrected chi connectivity index (χ2v) is 3.61. The number of aryl methyl sites for hydroxylation is 1. The smallest absolute Gasteiger partial charge is 0.126 e. The van der Waals surface area contributed by atoms with Crippen molar-refractivity contribution in [3.8, 4) is 5.75 Å². The van der Waals surface area contributed by atoms with Gasteiger partial charge in [-0.05, 0) is 17.9 Å². The van der Waals surface area contributed by atoms with E-state index in [1.165, 1.54) is 0 Å². The first-order valence-corrected chi connectivity index (χ1v) is 5.26. The molecule has 2 N–H and O–H groups in total. The number of aromatic amines is 1. The third-order valence-electron chi connectivity index (χ3n) is 2.43. The van der Waals surface area contributed by atoms with Gasteiger partial charge in [0.1, 0.15) is 5.75 Å². The Morgan fingerprint density at radius 2 is 1.71 bits per heavy atom. The van der Waals surface area contributed by atoms with Gasteiger partial charge in [0.15, 0.2) is 0 Å². The van der Waals surface area contributed by atoms with E-state index in [2.05, 4.69) is 15.4 Å². The van der Waals surface area contributed by atoms with E-state index in [4.69, 9.17) is 0 Å². The summed E-state index contributed by atoms with van der Waals surface area (Å²) in [6.45, 7) is 1.90. The standard InChI is InChI=1S/C11H10O.C2H3N3/c1-8-6-7-9-4-2-3-5-10(9)11(8)12;1-2-4-5-3-1/h2-7,12H,1H3;1-2H,(H,3,4,5). The molecule has 0 fully saturated rings. The summed E-state index contributed by atoms with van der Waals surface area (Å²) < 4.78 is 0. The van der Waals surface area contributed by atoms with E-state index in [0.717, 1.165) is 16.3 Å². The van der Waals surface area contributed by atoms with Gasteiger partial charge in [-0.25, -0.2) is 0 Å². The Balaban J connectivity index is 0.000000181. The van der Waals surface area contributed by atoms with Gasteiger partial charge in [0.25, 0.3) is 0 Å². The normalized spacial score (nSPS) is 9.71. The Labute approximate surface area is 98.9 Å². The average Bonchev–Trinajstić information content (AvgIpc) is 2.93. The van der Waals surface area contributed by atoms with E-state index < -0.39 is 0 Å². The maximum atomic E-state index is 9.66. The number of H-pyrrole nitrogens is 1. The van der Waals surface area contributed by atoms with Gasteiger partial charge >= 0.3 is 0 Å². The lowest BCUT2D eigenvalue weighted by molar-refractivity contribution is 0.477. The summed E-state index contributed by atoms with van der Waals surface area (Å²) in [5.74, 6) is 0.396. The number of phenolic OH excluding ortho intramolecular Hbond substituents is 1. The number of rotatable bonds is 0. The molecule has 17 heavy (non-hydrogen) atoms. The van der Waals surface area contributed by atoms with Crippen molar-refractivity contribution in [3.63, 3.8) is 0 Å². The SMILES string of the molecule is Cc1ccc2ccccc2c1O.c1cn[nH]n1. The average molecular weight is 227 g/mol. The van der Waals surface area contributed by atoms with E-state index in [9.17, 15) is 5.11 Å². The fourth-order valence-electron chi connectivity index (χ4n) is 1.53. The maximum absolute atomic E-state index is 9.66. The molecule has 1 heterocycles. The number of fused-ring (bicyclic) bond motifs is 1. The van der Waals surface area contributed by atoms with Crippen molar-refractivity contribution in [2.45, 2.75) is 6.92 Å². The van der Waals surface area contributed by atoms with Crippen molar-refractivity contribution < 1.29 is 5.11 Å². The molecule has 0 radical (unpaired) electrons. The Bertz CT molecular complexity index is 573. The molecule has 0 aliphatic rings. The summed E-state index contributed by atoms with van der Waals surface area (Å²) in [7, 11) is 0. The van der Waals surface area contributed by atoms with Crippen LogP contribution in [0.4, 0.5) is 0 Å². The van der Waals surface area contributed by atoms with Crippen LogP contribution in [0.5, 0.6) is 5.75 Å². The second kappa shape index (κ2) is 5.12. The van der Waals surface area contributed by atoms with Crippen LogP contribution < -0.4 is 0 Å². The summed E-state index contributed by atoms with van der Waals surface area (Å²) in [6, 6.07) is 11.8. The summed E-state index contributed by atoms with van der Waals surface area (Å²) in [5, 5.41) is 21.0. The zero-order valence-corrected chi connectivity index (χ0v) is 9.46. The molecule has 3 aromatic rings. The first-order valence-electron chi connectivity index (χ1n) is 5.26. The summed E-state index contributed by atoms with van der Waals surface area (Å²) in [4.78, 5) is 0. The molecule has 86 valence electrons. The summed E-state index contributed by atoms with van der Waals surface area (Å²) >= 11 is 0. The topological polar surface area (TPSA) is 61.8 Å². The number of aromatic hydroxyl groups is 1.